The molecule has 1 aromatic heterocycles. The molecule has 0 radical (unpaired) electrons. The molecule has 0 spiro atoms. The summed E-state index contributed by atoms with van der Waals surface area (Å²) in [7, 11) is 0. The van der Waals surface area contributed by atoms with Crippen molar-refractivity contribution >= 4 is 22.5 Å². The number of fused-ring (bicyclic) bond motifs is 2. The van der Waals surface area contributed by atoms with Crippen LogP contribution in [0.1, 0.15) is 29.7 Å². The van der Waals surface area contributed by atoms with Crippen LogP contribution in [0.4, 0.5) is 0 Å². The highest BCUT2D eigenvalue weighted by Gasteiger charge is 2.26. The quantitative estimate of drug-likeness (QED) is 0.715. The van der Waals surface area contributed by atoms with Crippen LogP contribution in [0.3, 0.4) is 0 Å². The molecule has 0 amide bonds. The van der Waals surface area contributed by atoms with E-state index in [9.17, 15) is 0 Å². The highest BCUT2D eigenvalue weighted by Crippen LogP contribution is 2.34. The SMILES string of the molecule is CC1Cc2c(Cl)cccc2C(c2cnc3ccccc3c2)N1. The second-order valence-electron chi connectivity index (χ2n) is 5.97. The first-order valence-corrected chi connectivity index (χ1v) is 7.98. The average molecular weight is 309 g/mol. The van der Waals surface area contributed by atoms with Gasteiger partial charge < -0.3 is 5.32 Å². The van der Waals surface area contributed by atoms with E-state index in [4.69, 9.17) is 11.6 Å². The maximum atomic E-state index is 6.41. The highest BCUT2D eigenvalue weighted by molar-refractivity contribution is 6.31. The van der Waals surface area contributed by atoms with E-state index in [2.05, 4.69) is 41.5 Å². The highest BCUT2D eigenvalue weighted by atomic mass is 35.5. The Morgan fingerprint density at radius 3 is 2.91 bits per heavy atom. The van der Waals surface area contributed by atoms with Crippen molar-refractivity contribution in [2.24, 2.45) is 0 Å². The van der Waals surface area contributed by atoms with E-state index < -0.39 is 0 Å². The Kier molecular flexibility index (Phi) is 3.36. The van der Waals surface area contributed by atoms with Crippen molar-refractivity contribution in [1.82, 2.24) is 10.3 Å². The molecule has 1 N–H and O–H groups in total. The average Bonchev–Trinajstić information content (AvgIpc) is 2.55. The molecule has 2 atom stereocenters. The lowest BCUT2D eigenvalue weighted by Gasteiger charge is -2.32. The summed E-state index contributed by atoms with van der Waals surface area (Å²) in [5, 5.41) is 5.72. The van der Waals surface area contributed by atoms with Crippen LogP contribution in [0.5, 0.6) is 0 Å². The molecule has 0 bridgehead atoms. The number of rotatable bonds is 1. The first kappa shape index (κ1) is 13.7. The molecule has 110 valence electrons. The van der Waals surface area contributed by atoms with Crippen molar-refractivity contribution in [3.05, 3.63) is 76.4 Å². The number of hydrogen-bond donors (Lipinski definition) is 1. The number of aromatic nitrogens is 1. The predicted molar refractivity (Wildman–Crippen MR) is 91.3 cm³/mol. The Morgan fingerprint density at radius 1 is 1.14 bits per heavy atom. The number of hydrogen-bond acceptors (Lipinski definition) is 2. The lowest BCUT2D eigenvalue weighted by atomic mass is 9.87. The van der Waals surface area contributed by atoms with Crippen LogP contribution in [0.25, 0.3) is 10.9 Å². The van der Waals surface area contributed by atoms with Gasteiger partial charge in [0, 0.05) is 22.6 Å². The van der Waals surface area contributed by atoms with Crippen molar-refractivity contribution < 1.29 is 0 Å². The van der Waals surface area contributed by atoms with Gasteiger partial charge in [-0.15, -0.1) is 0 Å². The fraction of sp³-hybridized carbons (Fsp3) is 0.211. The van der Waals surface area contributed by atoms with E-state index in [1.807, 2.05) is 30.5 Å². The first-order valence-electron chi connectivity index (χ1n) is 7.60. The van der Waals surface area contributed by atoms with E-state index in [0.717, 1.165) is 17.0 Å². The largest absolute Gasteiger partial charge is 0.303 e. The Morgan fingerprint density at radius 2 is 2.00 bits per heavy atom. The minimum atomic E-state index is 0.148. The molecule has 0 saturated heterocycles. The van der Waals surface area contributed by atoms with Crippen LogP contribution < -0.4 is 5.32 Å². The number of para-hydroxylation sites is 1. The van der Waals surface area contributed by atoms with Gasteiger partial charge >= 0.3 is 0 Å². The van der Waals surface area contributed by atoms with Crippen LogP contribution >= 0.6 is 11.6 Å². The van der Waals surface area contributed by atoms with E-state index in [1.54, 1.807) is 0 Å². The Hall–Kier alpha value is -1.90. The lowest BCUT2D eigenvalue weighted by Crippen LogP contribution is -2.38. The molecular weight excluding hydrogens is 292 g/mol. The van der Waals surface area contributed by atoms with Crippen LogP contribution in [0.2, 0.25) is 5.02 Å². The Balaban J connectivity index is 1.86. The Labute approximate surface area is 135 Å². The summed E-state index contributed by atoms with van der Waals surface area (Å²) < 4.78 is 0. The molecule has 22 heavy (non-hydrogen) atoms. The molecule has 0 fully saturated rings. The molecule has 3 aromatic rings. The van der Waals surface area contributed by atoms with Gasteiger partial charge in [0.05, 0.1) is 11.6 Å². The van der Waals surface area contributed by atoms with Crippen molar-refractivity contribution in [2.45, 2.75) is 25.4 Å². The molecular formula is C19H17ClN2. The summed E-state index contributed by atoms with van der Waals surface area (Å²) in [6, 6.07) is 17.2. The molecule has 1 aliphatic rings. The van der Waals surface area contributed by atoms with Gasteiger partial charge in [0.1, 0.15) is 0 Å². The van der Waals surface area contributed by atoms with Crippen LogP contribution in [-0.4, -0.2) is 11.0 Å². The standard InChI is InChI=1S/C19H17ClN2/c1-12-9-16-15(6-4-7-17(16)20)19(22-12)14-10-13-5-2-3-8-18(13)21-11-14/h2-8,10-12,19,22H,9H2,1H3. The van der Waals surface area contributed by atoms with E-state index in [0.29, 0.717) is 6.04 Å². The zero-order valence-corrected chi connectivity index (χ0v) is 13.1. The summed E-state index contributed by atoms with van der Waals surface area (Å²) in [6.07, 6.45) is 2.94. The summed E-state index contributed by atoms with van der Waals surface area (Å²) in [4.78, 5) is 4.60. The first-order chi connectivity index (χ1) is 10.7. The summed E-state index contributed by atoms with van der Waals surface area (Å²) in [6.45, 7) is 2.20. The molecule has 2 nitrogen and oxygen atoms in total. The zero-order valence-electron chi connectivity index (χ0n) is 12.4. The smallest absolute Gasteiger partial charge is 0.0702 e. The minimum absolute atomic E-state index is 0.148. The van der Waals surface area contributed by atoms with Crippen molar-refractivity contribution in [3.8, 4) is 0 Å². The molecule has 3 heteroatoms. The van der Waals surface area contributed by atoms with Gasteiger partial charge in [-0.3, -0.25) is 4.98 Å². The molecule has 0 aliphatic carbocycles. The second kappa shape index (κ2) is 5.38. The van der Waals surface area contributed by atoms with Gasteiger partial charge in [-0.25, -0.2) is 0 Å². The van der Waals surface area contributed by atoms with Crippen LogP contribution in [-0.2, 0) is 6.42 Å². The maximum Gasteiger partial charge on any atom is 0.0702 e. The third-order valence-electron chi connectivity index (χ3n) is 4.37. The zero-order chi connectivity index (χ0) is 15.1. The minimum Gasteiger partial charge on any atom is -0.303 e. The fourth-order valence-electron chi connectivity index (χ4n) is 3.32. The number of nitrogens with one attached hydrogen (secondary N) is 1. The third-order valence-corrected chi connectivity index (χ3v) is 4.73. The number of halogens is 1. The van der Waals surface area contributed by atoms with E-state index >= 15 is 0 Å². The Bertz CT molecular complexity index is 844. The molecule has 2 unspecified atom stereocenters. The molecule has 2 aromatic carbocycles. The van der Waals surface area contributed by atoms with E-state index in [-0.39, 0.29) is 6.04 Å². The number of benzene rings is 2. The van der Waals surface area contributed by atoms with Crippen molar-refractivity contribution in [1.29, 1.82) is 0 Å². The molecule has 0 saturated carbocycles. The third kappa shape index (κ3) is 2.29. The summed E-state index contributed by atoms with van der Waals surface area (Å²) in [5.74, 6) is 0. The number of nitrogens with zero attached hydrogens (tertiary/aromatic N) is 1. The topological polar surface area (TPSA) is 24.9 Å². The van der Waals surface area contributed by atoms with Crippen molar-refractivity contribution in [2.75, 3.05) is 0 Å². The predicted octanol–water partition coefficient (Wildman–Crippen LogP) is 4.51. The van der Waals surface area contributed by atoms with Crippen molar-refractivity contribution in [3.63, 3.8) is 0 Å². The van der Waals surface area contributed by atoms with Gasteiger partial charge in [0.15, 0.2) is 0 Å². The van der Waals surface area contributed by atoms with Crippen LogP contribution in [0, 0.1) is 0 Å². The molecule has 2 heterocycles. The maximum absolute atomic E-state index is 6.41. The monoisotopic (exact) mass is 308 g/mol. The fourth-order valence-corrected chi connectivity index (χ4v) is 3.58. The molecule has 1 aliphatic heterocycles. The number of pyridine rings is 1. The van der Waals surface area contributed by atoms with Gasteiger partial charge in [-0.1, -0.05) is 41.9 Å². The van der Waals surface area contributed by atoms with E-state index in [1.165, 1.54) is 22.1 Å². The summed E-state index contributed by atoms with van der Waals surface area (Å²) in [5.41, 5.74) is 4.74. The lowest BCUT2D eigenvalue weighted by molar-refractivity contribution is 0.464. The van der Waals surface area contributed by atoms with Gasteiger partial charge in [-0.2, -0.15) is 0 Å². The van der Waals surface area contributed by atoms with Gasteiger partial charge in [-0.05, 0) is 48.2 Å². The second-order valence-corrected chi connectivity index (χ2v) is 6.38. The molecule has 4 rings (SSSR count). The summed E-state index contributed by atoms with van der Waals surface area (Å²) >= 11 is 6.41. The van der Waals surface area contributed by atoms with Crippen LogP contribution in [0.15, 0.2) is 54.7 Å². The van der Waals surface area contributed by atoms with Gasteiger partial charge in [0.25, 0.3) is 0 Å². The van der Waals surface area contributed by atoms with Gasteiger partial charge in [0.2, 0.25) is 0 Å². The normalized spacial score (nSPS) is 20.8.